The second-order valence-electron chi connectivity index (χ2n) is 4.03. The van der Waals surface area contributed by atoms with Gasteiger partial charge in [0.15, 0.2) is 5.82 Å². The lowest BCUT2D eigenvalue weighted by molar-refractivity contribution is -0.145. The van der Waals surface area contributed by atoms with Crippen molar-refractivity contribution >= 4 is 5.97 Å². The van der Waals surface area contributed by atoms with E-state index in [1.165, 1.54) is 0 Å². The number of esters is 1. The first kappa shape index (κ1) is 13.6. The first-order valence-electron chi connectivity index (χ1n) is 5.71. The van der Waals surface area contributed by atoms with Crippen molar-refractivity contribution in [1.82, 2.24) is 15.0 Å². The van der Waals surface area contributed by atoms with Crippen LogP contribution in [0.1, 0.15) is 32.5 Å². The molecule has 96 valence electrons. The summed E-state index contributed by atoms with van der Waals surface area (Å²) in [5, 5.41) is 3.81. The van der Waals surface area contributed by atoms with Crippen LogP contribution in [0.2, 0.25) is 0 Å². The largest absolute Gasteiger partial charge is 0.465 e. The van der Waals surface area contributed by atoms with Crippen LogP contribution in [0.5, 0.6) is 0 Å². The highest BCUT2D eigenvalue weighted by Crippen LogP contribution is 2.05. The van der Waals surface area contributed by atoms with Gasteiger partial charge in [0.1, 0.15) is 0 Å². The molecule has 0 saturated carbocycles. The van der Waals surface area contributed by atoms with E-state index in [0.717, 1.165) is 0 Å². The quantitative estimate of drug-likeness (QED) is 0.696. The molecule has 6 nitrogen and oxygen atoms in total. The van der Waals surface area contributed by atoms with Gasteiger partial charge in [0.25, 0.3) is 0 Å². The molecule has 6 heteroatoms. The summed E-state index contributed by atoms with van der Waals surface area (Å²) in [5.41, 5.74) is 0. The van der Waals surface area contributed by atoms with Gasteiger partial charge in [0, 0.05) is 13.0 Å². The molecule has 0 aromatic carbocycles. The monoisotopic (exact) mass is 241 g/mol. The lowest BCUT2D eigenvalue weighted by Gasteiger charge is -2.23. The normalized spacial score (nSPS) is 11.2. The van der Waals surface area contributed by atoms with Crippen LogP contribution in [0.15, 0.2) is 4.52 Å². The second-order valence-corrected chi connectivity index (χ2v) is 4.03. The summed E-state index contributed by atoms with van der Waals surface area (Å²) in [6, 6.07) is 0.207. The maximum Gasteiger partial charge on any atom is 0.320 e. The number of rotatable bonds is 6. The second kappa shape index (κ2) is 6.34. The van der Waals surface area contributed by atoms with Crippen molar-refractivity contribution in [2.45, 2.75) is 40.3 Å². The van der Waals surface area contributed by atoms with E-state index in [1.807, 2.05) is 18.7 Å². The molecule has 0 radical (unpaired) electrons. The molecule has 0 N–H and O–H groups in total. The van der Waals surface area contributed by atoms with E-state index in [4.69, 9.17) is 9.26 Å². The number of nitrogens with zero attached hydrogens (tertiary/aromatic N) is 3. The molecule has 1 heterocycles. The zero-order valence-corrected chi connectivity index (χ0v) is 10.8. The van der Waals surface area contributed by atoms with Crippen LogP contribution < -0.4 is 0 Å². The summed E-state index contributed by atoms with van der Waals surface area (Å²) in [4.78, 5) is 17.5. The average molecular weight is 241 g/mol. The van der Waals surface area contributed by atoms with Crippen molar-refractivity contribution in [2.75, 3.05) is 13.2 Å². The fourth-order valence-electron chi connectivity index (χ4n) is 1.38. The molecule has 17 heavy (non-hydrogen) atoms. The molecular weight excluding hydrogens is 222 g/mol. The number of carbonyl (C=O) groups excluding carboxylic acids is 1. The van der Waals surface area contributed by atoms with Crippen LogP contribution in [0, 0.1) is 6.92 Å². The Balaban J connectivity index is 2.57. The van der Waals surface area contributed by atoms with E-state index in [9.17, 15) is 4.79 Å². The molecule has 0 bridgehead atoms. The number of hydrogen-bond acceptors (Lipinski definition) is 6. The zero-order valence-electron chi connectivity index (χ0n) is 10.8. The Hall–Kier alpha value is -1.43. The topological polar surface area (TPSA) is 68.5 Å². The summed E-state index contributed by atoms with van der Waals surface area (Å²) in [6.45, 7) is 8.65. The van der Waals surface area contributed by atoms with E-state index >= 15 is 0 Å². The summed E-state index contributed by atoms with van der Waals surface area (Å²) in [6.07, 6.45) is 0. The maximum atomic E-state index is 11.4. The van der Waals surface area contributed by atoms with Crippen LogP contribution in [-0.4, -0.2) is 40.2 Å². The van der Waals surface area contributed by atoms with Gasteiger partial charge in [-0.3, -0.25) is 9.69 Å². The van der Waals surface area contributed by atoms with Gasteiger partial charge in [-0.2, -0.15) is 4.98 Å². The third-order valence-corrected chi connectivity index (χ3v) is 2.28. The van der Waals surface area contributed by atoms with Crippen molar-refractivity contribution in [3.8, 4) is 0 Å². The number of aromatic nitrogens is 2. The van der Waals surface area contributed by atoms with Crippen molar-refractivity contribution < 1.29 is 14.1 Å². The standard InChI is InChI=1S/C11H19N3O3/c1-5-16-11(15)7-14(8(2)3)6-10-12-9(4)17-13-10/h8H,5-7H2,1-4H3. The maximum absolute atomic E-state index is 11.4. The van der Waals surface area contributed by atoms with E-state index in [2.05, 4.69) is 10.1 Å². The Bertz CT molecular complexity index is 363. The highest BCUT2D eigenvalue weighted by molar-refractivity contribution is 5.71. The van der Waals surface area contributed by atoms with Crippen LogP contribution in [0.3, 0.4) is 0 Å². The van der Waals surface area contributed by atoms with Crippen LogP contribution in [0.25, 0.3) is 0 Å². The van der Waals surface area contributed by atoms with Crippen molar-refractivity contribution in [3.63, 3.8) is 0 Å². The third kappa shape index (κ3) is 4.52. The Labute approximate surface area is 101 Å². The fourth-order valence-corrected chi connectivity index (χ4v) is 1.38. The Morgan fingerprint density at radius 3 is 2.71 bits per heavy atom. The first-order valence-corrected chi connectivity index (χ1v) is 5.71. The van der Waals surface area contributed by atoms with Gasteiger partial charge in [0.2, 0.25) is 5.89 Å². The minimum atomic E-state index is -0.235. The number of carbonyl (C=O) groups is 1. The van der Waals surface area contributed by atoms with Gasteiger partial charge in [0.05, 0.1) is 19.7 Å². The zero-order chi connectivity index (χ0) is 12.8. The Morgan fingerprint density at radius 2 is 2.24 bits per heavy atom. The average Bonchev–Trinajstić information content (AvgIpc) is 2.63. The third-order valence-electron chi connectivity index (χ3n) is 2.28. The Kier molecular flexibility index (Phi) is 5.09. The van der Waals surface area contributed by atoms with Crippen LogP contribution in [0.4, 0.5) is 0 Å². The molecule has 0 fully saturated rings. The van der Waals surface area contributed by atoms with Gasteiger partial charge in [-0.05, 0) is 20.8 Å². The van der Waals surface area contributed by atoms with Gasteiger partial charge in [-0.15, -0.1) is 0 Å². The lowest BCUT2D eigenvalue weighted by atomic mass is 10.3. The SMILES string of the molecule is CCOC(=O)CN(Cc1noc(C)n1)C(C)C. The van der Waals surface area contributed by atoms with Crippen LogP contribution in [-0.2, 0) is 16.1 Å². The molecule has 1 rings (SSSR count). The van der Waals surface area contributed by atoms with Gasteiger partial charge >= 0.3 is 5.97 Å². The van der Waals surface area contributed by atoms with Crippen molar-refractivity contribution in [3.05, 3.63) is 11.7 Å². The molecule has 0 aliphatic rings. The number of ether oxygens (including phenoxy) is 1. The molecule has 1 aromatic heterocycles. The molecule has 0 saturated heterocycles. The minimum Gasteiger partial charge on any atom is -0.465 e. The minimum absolute atomic E-state index is 0.207. The van der Waals surface area contributed by atoms with E-state index in [-0.39, 0.29) is 18.6 Å². The molecule has 0 amide bonds. The van der Waals surface area contributed by atoms with Crippen LogP contribution >= 0.6 is 0 Å². The molecule has 0 spiro atoms. The van der Waals surface area contributed by atoms with E-state index < -0.39 is 0 Å². The number of hydrogen-bond donors (Lipinski definition) is 0. The first-order chi connectivity index (χ1) is 8.02. The summed E-state index contributed by atoms with van der Waals surface area (Å²) in [5.74, 6) is 0.877. The molecular formula is C11H19N3O3. The van der Waals surface area contributed by atoms with Crippen molar-refractivity contribution in [2.24, 2.45) is 0 Å². The Morgan fingerprint density at radius 1 is 1.53 bits per heavy atom. The smallest absolute Gasteiger partial charge is 0.320 e. The highest BCUT2D eigenvalue weighted by Gasteiger charge is 2.17. The highest BCUT2D eigenvalue weighted by atomic mass is 16.5. The summed E-state index contributed by atoms with van der Waals surface area (Å²) < 4.78 is 9.81. The van der Waals surface area contributed by atoms with E-state index in [0.29, 0.717) is 24.9 Å². The van der Waals surface area contributed by atoms with Crippen molar-refractivity contribution in [1.29, 1.82) is 0 Å². The van der Waals surface area contributed by atoms with Gasteiger partial charge in [-0.1, -0.05) is 5.16 Å². The molecule has 0 unspecified atom stereocenters. The fraction of sp³-hybridized carbons (Fsp3) is 0.727. The predicted octanol–water partition coefficient (Wildman–Crippen LogP) is 1.15. The predicted molar refractivity (Wildman–Crippen MR) is 61.2 cm³/mol. The summed E-state index contributed by atoms with van der Waals surface area (Å²) in [7, 11) is 0. The van der Waals surface area contributed by atoms with E-state index in [1.54, 1.807) is 13.8 Å². The molecule has 0 aliphatic heterocycles. The molecule has 0 aliphatic carbocycles. The molecule has 1 aromatic rings. The number of aryl methyl sites for hydroxylation is 1. The summed E-state index contributed by atoms with van der Waals surface area (Å²) >= 11 is 0. The lowest BCUT2D eigenvalue weighted by Crippen LogP contribution is -2.36. The van der Waals surface area contributed by atoms with Gasteiger partial charge < -0.3 is 9.26 Å². The van der Waals surface area contributed by atoms with Gasteiger partial charge in [-0.25, -0.2) is 0 Å². The molecule has 0 atom stereocenters.